The molecule has 20 heavy (non-hydrogen) atoms. The second-order valence-corrected chi connectivity index (χ2v) is 7.43. The molecule has 0 bridgehead atoms. The molecule has 0 aliphatic carbocycles. The molecule has 3 N–H and O–H groups in total. The van der Waals surface area contributed by atoms with Crippen molar-refractivity contribution in [3.05, 3.63) is 57.7 Å². The second kappa shape index (κ2) is 6.11. The summed E-state index contributed by atoms with van der Waals surface area (Å²) in [5.41, 5.74) is 7.16. The molecule has 2 aromatic rings. The fourth-order valence-electron chi connectivity index (χ4n) is 1.81. The van der Waals surface area contributed by atoms with Crippen LogP contribution in [-0.2, 0) is 10.0 Å². The molecule has 0 saturated heterocycles. The van der Waals surface area contributed by atoms with Gasteiger partial charge in [0, 0.05) is 15.3 Å². The molecule has 1 unspecified atom stereocenters. The fraction of sp³-hybridized carbons (Fsp3) is 0.143. The van der Waals surface area contributed by atoms with Crippen molar-refractivity contribution in [1.82, 2.24) is 4.72 Å². The molecular weight excluding hydrogens is 387 g/mol. The highest BCUT2D eigenvalue weighted by Gasteiger charge is 2.18. The normalized spacial score (nSPS) is 13.1. The van der Waals surface area contributed by atoms with Crippen molar-refractivity contribution in [2.45, 2.75) is 17.9 Å². The zero-order valence-corrected chi connectivity index (χ0v) is 13.9. The van der Waals surface area contributed by atoms with Crippen LogP contribution in [0.5, 0.6) is 0 Å². The van der Waals surface area contributed by atoms with Crippen molar-refractivity contribution in [1.29, 1.82) is 0 Å². The molecule has 0 amide bonds. The number of anilines is 1. The first-order chi connectivity index (χ1) is 9.38. The van der Waals surface area contributed by atoms with Crippen LogP contribution < -0.4 is 10.5 Å². The Labute approximate surface area is 132 Å². The minimum atomic E-state index is -3.53. The van der Waals surface area contributed by atoms with Crippen molar-refractivity contribution in [3.63, 3.8) is 0 Å². The van der Waals surface area contributed by atoms with E-state index in [1.165, 1.54) is 0 Å². The molecule has 0 aliphatic heterocycles. The Bertz CT molecular complexity index is 699. The number of sulfonamides is 1. The van der Waals surface area contributed by atoms with E-state index in [-0.39, 0.29) is 10.9 Å². The summed E-state index contributed by atoms with van der Waals surface area (Å²) in [5, 5.41) is 0. The maximum Gasteiger partial charge on any atom is 0.241 e. The monoisotopic (exact) mass is 402 g/mol. The lowest BCUT2D eigenvalue weighted by atomic mass is 10.1. The summed E-state index contributed by atoms with van der Waals surface area (Å²) in [6.07, 6.45) is 0. The number of hydrogen-bond acceptors (Lipinski definition) is 3. The number of halogens is 1. The molecule has 2 rings (SSSR count). The Kier molecular flexibility index (Phi) is 4.66. The Morgan fingerprint density at radius 3 is 2.40 bits per heavy atom. The first-order valence-electron chi connectivity index (χ1n) is 6.02. The smallest absolute Gasteiger partial charge is 0.241 e. The largest absolute Gasteiger partial charge is 0.399 e. The zero-order valence-electron chi connectivity index (χ0n) is 10.9. The average molecular weight is 402 g/mol. The molecule has 0 aliphatic rings. The van der Waals surface area contributed by atoms with E-state index in [9.17, 15) is 8.42 Å². The van der Waals surface area contributed by atoms with Crippen molar-refractivity contribution >= 4 is 38.3 Å². The van der Waals surface area contributed by atoms with E-state index in [0.29, 0.717) is 5.69 Å². The van der Waals surface area contributed by atoms with Gasteiger partial charge in [-0.3, -0.25) is 0 Å². The predicted molar refractivity (Wildman–Crippen MR) is 88.7 cm³/mol. The third kappa shape index (κ3) is 3.71. The highest BCUT2D eigenvalue weighted by atomic mass is 127. The topological polar surface area (TPSA) is 72.2 Å². The Morgan fingerprint density at radius 2 is 1.80 bits per heavy atom. The second-order valence-electron chi connectivity index (χ2n) is 4.47. The van der Waals surface area contributed by atoms with Crippen LogP contribution in [0.1, 0.15) is 18.5 Å². The van der Waals surface area contributed by atoms with Crippen LogP contribution in [0.25, 0.3) is 0 Å². The lowest BCUT2D eigenvalue weighted by molar-refractivity contribution is 0.567. The van der Waals surface area contributed by atoms with Crippen LogP contribution in [-0.4, -0.2) is 8.42 Å². The molecule has 6 heteroatoms. The van der Waals surface area contributed by atoms with Gasteiger partial charge >= 0.3 is 0 Å². The molecule has 0 radical (unpaired) electrons. The van der Waals surface area contributed by atoms with Crippen molar-refractivity contribution < 1.29 is 8.42 Å². The molecule has 0 fully saturated rings. The lowest BCUT2D eigenvalue weighted by Gasteiger charge is -2.15. The molecule has 0 aromatic heterocycles. The van der Waals surface area contributed by atoms with Crippen LogP contribution in [0.4, 0.5) is 5.69 Å². The van der Waals surface area contributed by atoms with Crippen LogP contribution in [0.3, 0.4) is 0 Å². The Hall–Kier alpha value is -1.12. The van der Waals surface area contributed by atoms with Gasteiger partial charge < -0.3 is 5.73 Å². The van der Waals surface area contributed by atoms with Gasteiger partial charge in [0.1, 0.15) is 0 Å². The van der Waals surface area contributed by atoms with E-state index in [4.69, 9.17) is 5.73 Å². The molecule has 106 valence electrons. The highest BCUT2D eigenvalue weighted by Crippen LogP contribution is 2.19. The standard InChI is InChI=1S/C14H15IN2O2S/c1-10(11-3-2-4-13(16)9-11)17-20(18,19)14-7-5-12(15)6-8-14/h2-10,17H,16H2,1H3. The van der Waals surface area contributed by atoms with Gasteiger partial charge in [-0.2, -0.15) is 0 Å². The minimum Gasteiger partial charge on any atom is -0.399 e. The highest BCUT2D eigenvalue weighted by molar-refractivity contribution is 14.1. The van der Waals surface area contributed by atoms with Gasteiger partial charge in [-0.25, -0.2) is 13.1 Å². The van der Waals surface area contributed by atoms with Gasteiger partial charge in [0.05, 0.1) is 4.90 Å². The SMILES string of the molecule is CC(NS(=O)(=O)c1ccc(I)cc1)c1cccc(N)c1. The fourth-order valence-corrected chi connectivity index (χ4v) is 3.40. The number of rotatable bonds is 4. The summed E-state index contributed by atoms with van der Waals surface area (Å²) in [5.74, 6) is 0. The van der Waals surface area contributed by atoms with Crippen LogP contribution in [0.15, 0.2) is 53.4 Å². The molecule has 0 spiro atoms. The van der Waals surface area contributed by atoms with E-state index in [1.54, 1.807) is 49.4 Å². The number of nitrogens with one attached hydrogen (secondary N) is 1. The minimum absolute atomic E-state index is 0.258. The number of hydrogen-bond donors (Lipinski definition) is 2. The number of nitrogen functional groups attached to an aromatic ring is 1. The maximum absolute atomic E-state index is 12.3. The zero-order chi connectivity index (χ0) is 14.8. The molecule has 0 saturated carbocycles. The van der Waals surface area contributed by atoms with E-state index >= 15 is 0 Å². The Balaban J connectivity index is 2.22. The number of nitrogens with two attached hydrogens (primary N) is 1. The summed E-state index contributed by atoms with van der Waals surface area (Å²) >= 11 is 2.13. The van der Waals surface area contributed by atoms with Crippen molar-refractivity contribution in [2.75, 3.05) is 5.73 Å². The molecule has 0 heterocycles. The van der Waals surface area contributed by atoms with Crippen molar-refractivity contribution in [3.8, 4) is 0 Å². The first-order valence-corrected chi connectivity index (χ1v) is 8.58. The quantitative estimate of drug-likeness (QED) is 0.610. The van der Waals surface area contributed by atoms with Gasteiger partial charge in [-0.15, -0.1) is 0 Å². The molecule has 1 atom stereocenters. The van der Waals surface area contributed by atoms with Crippen molar-refractivity contribution in [2.24, 2.45) is 0 Å². The third-order valence-corrected chi connectivity index (χ3v) is 5.14. The van der Waals surface area contributed by atoms with Crippen LogP contribution >= 0.6 is 22.6 Å². The van der Waals surface area contributed by atoms with E-state index in [2.05, 4.69) is 27.3 Å². The van der Waals surface area contributed by atoms with Gasteiger partial charge in [-0.1, -0.05) is 12.1 Å². The van der Waals surface area contributed by atoms with E-state index < -0.39 is 10.0 Å². The summed E-state index contributed by atoms with van der Waals surface area (Å²) in [4.78, 5) is 0.258. The summed E-state index contributed by atoms with van der Waals surface area (Å²) in [6, 6.07) is 13.6. The van der Waals surface area contributed by atoms with Crippen LogP contribution in [0, 0.1) is 3.57 Å². The van der Waals surface area contributed by atoms with Gasteiger partial charge in [-0.05, 0) is 71.5 Å². The van der Waals surface area contributed by atoms with E-state index in [0.717, 1.165) is 9.13 Å². The van der Waals surface area contributed by atoms with E-state index in [1.807, 2.05) is 6.07 Å². The lowest BCUT2D eigenvalue weighted by Crippen LogP contribution is -2.26. The first kappa shape index (κ1) is 15.3. The van der Waals surface area contributed by atoms with Crippen LogP contribution in [0.2, 0.25) is 0 Å². The third-order valence-electron chi connectivity index (χ3n) is 2.87. The predicted octanol–water partition coefficient (Wildman–Crippen LogP) is 2.91. The maximum atomic E-state index is 12.3. The van der Waals surface area contributed by atoms with Gasteiger partial charge in [0.2, 0.25) is 10.0 Å². The Morgan fingerprint density at radius 1 is 1.15 bits per heavy atom. The summed E-state index contributed by atoms with van der Waals surface area (Å²) in [6.45, 7) is 1.79. The molecule has 2 aromatic carbocycles. The molecular formula is C14H15IN2O2S. The number of benzene rings is 2. The van der Waals surface area contributed by atoms with Gasteiger partial charge in [0.15, 0.2) is 0 Å². The average Bonchev–Trinajstić information content (AvgIpc) is 2.38. The summed E-state index contributed by atoms with van der Waals surface area (Å²) < 4.78 is 28.2. The molecule has 4 nitrogen and oxygen atoms in total. The van der Waals surface area contributed by atoms with Gasteiger partial charge in [0.25, 0.3) is 0 Å². The summed E-state index contributed by atoms with van der Waals surface area (Å²) in [7, 11) is -3.53.